The number of benzene rings is 2. The van der Waals surface area contributed by atoms with Crippen molar-refractivity contribution >= 4 is 23.4 Å². The van der Waals surface area contributed by atoms with Crippen LogP contribution in [0.5, 0.6) is 5.75 Å². The summed E-state index contributed by atoms with van der Waals surface area (Å²) in [6.45, 7) is 1.57. The first-order chi connectivity index (χ1) is 11.3. The fourth-order valence-corrected chi connectivity index (χ4v) is 2.31. The molecular weight excluding hydrogens is 339 g/mol. The molecule has 0 aliphatic carbocycles. The Kier molecular flexibility index (Phi) is 5.77. The van der Waals surface area contributed by atoms with Gasteiger partial charge < -0.3 is 10.1 Å². The lowest BCUT2D eigenvalue weighted by Gasteiger charge is -2.15. The largest absolute Gasteiger partial charge is 0.481 e. The third kappa shape index (κ3) is 4.92. The molecule has 1 atom stereocenters. The van der Waals surface area contributed by atoms with E-state index in [0.29, 0.717) is 5.75 Å². The summed E-state index contributed by atoms with van der Waals surface area (Å²) in [4.78, 5) is 13.1. The maximum atomic E-state index is 12.5. The van der Waals surface area contributed by atoms with Gasteiger partial charge in [-0.2, -0.15) is 13.2 Å². The second kappa shape index (κ2) is 7.61. The van der Waals surface area contributed by atoms with Gasteiger partial charge in [0, 0.05) is 10.6 Å². The van der Waals surface area contributed by atoms with E-state index in [-0.39, 0.29) is 5.69 Å². The van der Waals surface area contributed by atoms with Crippen molar-refractivity contribution in [3.05, 3.63) is 54.1 Å². The SMILES string of the molecule is CSc1ccc(OC(C)C(=O)Nc2ccc(C(F)(F)F)cc2)cc1. The first-order valence-corrected chi connectivity index (χ1v) is 8.31. The summed E-state index contributed by atoms with van der Waals surface area (Å²) in [5.41, 5.74) is -0.486. The maximum absolute atomic E-state index is 12.5. The van der Waals surface area contributed by atoms with Crippen LogP contribution >= 0.6 is 11.8 Å². The van der Waals surface area contributed by atoms with Crippen molar-refractivity contribution in [3.8, 4) is 5.75 Å². The van der Waals surface area contributed by atoms with Crippen molar-refractivity contribution in [1.82, 2.24) is 0 Å². The molecule has 0 saturated heterocycles. The molecule has 0 spiro atoms. The topological polar surface area (TPSA) is 38.3 Å². The molecule has 0 bridgehead atoms. The summed E-state index contributed by atoms with van der Waals surface area (Å²) in [6.07, 6.45) is -3.23. The predicted molar refractivity (Wildman–Crippen MR) is 88.4 cm³/mol. The summed E-state index contributed by atoms with van der Waals surface area (Å²) >= 11 is 1.59. The average molecular weight is 355 g/mol. The lowest BCUT2D eigenvalue weighted by molar-refractivity contribution is -0.137. The van der Waals surface area contributed by atoms with Gasteiger partial charge in [-0.15, -0.1) is 11.8 Å². The molecule has 0 aromatic heterocycles. The number of ether oxygens (including phenoxy) is 1. The van der Waals surface area contributed by atoms with E-state index in [1.54, 1.807) is 30.8 Å². The number of carbonyl (C=O) groups is 1. The van der Waals surface area contributed by atoms with Crippen molar-refractivity contribution in [2.75, 3.05) is 11.6 Å². The lowest BCUT2D eigenvalue weighted by atomic mass is 10.2. The van der Waals surface area contributed by atoms with Gasteiger partial charge >= 0.3 is 6.18 Å². The van der Waals surface area contributed by atoms with E-state index in [2.05, 4.69) is 5.32 Å². The Morgan fingerprint density at radius 3 is 2.17 bits per heavy atom. The van der Waals surface area contributed by atoms with Gasteiger partial charge in [0.05, 0.1) is 5.56 Å². The number of thioether (sulfide) groups is 1. The number of anilines is 1. The zero-order valence-corrected chi connectivity index (χ0v) is 13.9. The van der Waals surface area contributed by atoms with E-state index in [1.807, 2.05) is 18.4 Å². The Hall–Kier alpha value is -2.15. The van der Waals surface area contributed by atoms with Gasteiger partial charge in [-0.25, -0.2) is 0 Å². The standard InChI is InChI=1S/C17H16F3NO2S/c1-11(23-14-7-9-15(24-2)10-8-14)16(22)21-13-5-3-12(4-6-13)17(18,19)20/h3-11H,1-2H3,(H,21,22). The molecule has 128 valence electrons. The minimum Gasteiger partial charge on any atom is -0.481 e. The molecule has 0 aliphatic rings. The Labute approximate surface area is 142 Å². The monoisotopic (exact) mass is 355 g/mol. The second-order valence-corrected chi connectivity index (χ2v) is 5.88. The van der Waals surface area contributed by atoms with Crippen molar-refractivity contribution in [3.63, 3.8) is 0 Å². The Morgan fingerprint density at radius 1 is 1.08 bits per heavy atom. The Bertz CT molecular complexity index is 684. The molecule has 0 heterocycles. The third-order valence-corrected chi connectivity index (χ3v) is 3.96. The lowest BCUT2D eigenvalue weighted by Crippen LogP contribution is -2.30. The van der Waals surface area contributed by atoms with Crippen LogP contribution in [0.15, 0.2) is 53.4 Å². The normalized spacial score (nSPS) is 12.5. The van der Waals surface area contributed by atoms with Gasteiger partial charge in [0.15, 0.2) is 6.10 Å². The molecule has 2 rings (SSSR count). The molecule has 1 unspecified atom stereocenters. The van der Waals surface area contributed by atoms with Crippen LogP contribution in [-0.4, -0.2) is 18.3 Å². The molecule has 3 nitrogen and oxygen atoms in total. The zero-order valence-electron chi connectivity index (χ0n) is 13.1. The van der Waals surface area contributed by atoms with Crippen molar-refractivity contribution < 1.29 is 22.7 Å². The van der Waals surface area contributed by atoms with Gasteiger partial charge in [-0.1, -0.05) is 0 Å². The van der Waals surface area contributed by atoms with Crippen molar-refractivity contribution in [2.45, 2.75) is 24.1 Å². The third-order valence-electron chi connectivity index (χ3n) is 3.22. The molecule has 0 radical (unpaired) electrons. The van der Waals surface area contributed by atoms with Crippen LogP contribution in [0.4, 0.5) is 18.9 Å². The molecule has 0 saturated carbocycles. The van der Waals surface area contributed by atoms with Gasteiger partial charge in [-0.3, -0.25) is 4.79 Å². The minimum atomic E-state index is -4.40. The van der Waals surface area contributed by atoms with Crippen LogP contribution in [0.2, 0.25) is 0 Å². The molecule has 1 amide bonds. The quantitative estimate of drug-likeness (QED) is 0.781. The Balaban J connectivity index is 1.95. The summed E-state index contributed by atoms with van der Waals surface area (Å²) < 4.78 is 43.0. The maximum Gasteiger partial charge on any atom is 0.416 e. The highest BCUT2D eigenvalue weighted by Gasteiger charge is 2.30. The van der Waals surface area contributed by atoms with Gasteiger partial charge in [0.25, 0.3) is 5.91 Å². The Morgan fingerprint density at radius 2 is 1.67 bits per heavy atom. The fourth-order valence-electron chi connectivity index (χ4n) is 1.90. The fraction of sp³-hybridized carbons (Fsp3) is 0.235. The number of hydrogen-bond acceptors (Lipinski definition) is 3. The first kappa shape index (κ1) is 18.2. The van der Waals surface area contributed by atoms with E-state index >= 15 is 0 Å². The molecule has 7 heteroatoms. The smallest absolute Gasteiger partial charge is 0.416 e. The van der Waals surface area contributed by atoms with Crippen molar-refractivity contribution in [2.24, 2.45) is 0 Å². The molecular formula is C17H16F3NO2S. The molecule has 2 aromatic carbocycles. The number of nitrogens with one attached hydrogen (secondary N) is 1. The summed E-state index contributed by atoms with van der Waals surface area (Å²) in [7, 11) is 0. The van der Waals surface area contributed by atoms with E-state index < -0.39 is 23.8 Å². The van der Waals surface area contributed by atoms with Crippen LogP contribution in [0.25, 0.3) is 0 Å². The summed E-state index contributed by atoms with van der Waals surface area (Å²) in [6, 6.07) is 11.5. The zero-order chi connectivity index (χ0) is 17.7. The van der Waals surface area contributed by atoms with Gasteiger partial charge in [0.1, 0.15) is 5.75 Å². The molecule has 24 heavy (non-hydrogen) atoms. The van der Waals surface area contributed by atoms with E-state index in [9.17, 15) is 18.0 Å². The highest BCUT2D eigenvalue weighted by molar-refractivity contribution is 7.98. The average Bonchev–Trinajstić information content (AvgIpc) is 2.55. The van der Waals surface area contributed by atoms with Crippen LogP contribution in [0.1, 0.15) is 12.5 Å². The van der Waals surface area contributed by atoms with E-state index in [1.165, 1.54) is 12.1 Å². The van der Waals surface area contributed by atoms with Crippen LogP contribution < -0.4 is 10.1 Å². The molecule has 2 aromatic rings. The van der Waals surface area contributed by atoms with Gasteiger partial charge in [-0.05, 0) is 61.7 Å². The number of rotatable bonds is 5. The number of carbonyl (C=O) groups excluding carboxylic acids is 1. The number of alkyl halides is 3. The molecule has 0 aliphatic heterocycles. The van der Waals surface area contributed by atoms with Crippen LogP contribution in [0, 0.1) is 0 Å². The predicted octanol–water partition coefficient (Wildman–Crippen LogP) is 4.83. The van der Waals surface area contributed by atoms with E-state index in [4.69, 9.17) is 4.74 Å². The number of halogens is 3. The van der Waals surface area contributed by atoms with Crippen LogP contribution in [-0.2, 0) is 11.0 Å². The number of amides is 1. The van der Waals surface area contributed by atoms with E-state index in [0.717, 1.165) is 17.0 Å². The second-order valence-electron chi connectivity index (χ2n) is 5.00. The summed E-state index contributed by atoms with van der Waals surface area (Å²) in [5, 5.41) is 2.53. The molecule has 0 fully saturated rings. The minimum absolute atomic E-state index is 0.279. The van der Waals surface area contributed by atoms with Crippen molar-refractivity contribution in [1.29, 1.82) is 0 Å². The van der Waals surface area contributed by atoms with Crippen LogP contribution in [0.3, 0.4) is 0 Å². The number of hydrogen-bond donors (Lipinski definition) is 1. The molecule has 1 N–H and O–H groups in total. The van der Waals surface area contributed by atoms with Gasteiger partial charge in [0.2, 0.25) is 0 Å². The summed E-state index contributed by atoms with van der Waals surface area (Å²) in [5.74, 6) is 0.103. The first-order valence-electron chi connectivity index (χ1n) is 7.08. The highest BCUT2D eigenvalue weighted by atomic mass is 32.2. The highest BCUT2D eigenvalue weighted by Crippen LogP contribution is 2.29.